The number of nitrogens with one attached hydrogen (secondary N) is 1. The highest BCUT2D eigenvalue weighted by atomic mass is 16.5. The van der Waals surface area contributed by atoms with Crippen molar-refractivity contribution in [1.29, 1.82) is 0 Å². The van der Waals surface area contributed by atoms with Crippen molar-refractivity contribution >= 4 is 0 Å². The van der Waals surface area contributed by atoms with Crippen LogP contribution in [0.1, 0.15) is 32.1 Å². The summed E-state index contributed by atoms with van der Waals surface area (Å²) in [7, 11) is 0. The van der Waals surface area contributed by atoms with E-state index in [1.807, 2.05) is 0 Å². The van der Waals surface area contributed by atoms with Gasteiger partial charge in [0.1, 0.15) is 11.9 Å². The number of ether oxygens (including phenoxy) is 1. The smallest absolute Gasteiger partial charge is 0.133 e. The normalized spacial score (nSPS) is 31.8. The Balaban J connectivity index is 1.87. The SMILES string of the molecule is CC1OCCC1(C)NCC(O)c1ccco1. The summed E-state index contributed by atoms with van der Waals surface area (Å²) in [5, 5.41) is 13.2. The minimum absolute atomic E-state index is 0.0480. The fourth-order valence-corrected chi connectivity index (χ4v) is 1.98. The summed E-state index contributed by atoms with van der Waals surface area (Å²) in [6, 6.07) is 3.56. The summed E-state index contributed by atoms with van der Waals surface area (Å²) >= 11 is 0. The third kappa shape index (κ3) is 2.29. The minimum Gasteiger partial charge on any atom is -0.467 e. The van der Waals surface area contributed by atoms with Crippen LogP contribution in [0.2, 0.25) is 0 Å². The molecule has 0 bridgehead atoms. The van der Waals surface area contributed by atoms with E-state index in [1.165, 1.54) is 0 Å². The van der Waals surface area contributed by atoms with Crippen LogP contribution in [0.3, 0.4) is 0 Å². The lowest BCUT2D eigenvalue weighted by Crippen LogP contribution is -2.49. The standard InChI is InChI=1S/C12H19NO3/c1-9-12(2,5-7-15-9)13-8-10(14)11-4-3-6-16-11/h3-4,6,9-10,13-14H,5,7-8H2,1-2H3. The van der Waals surface area contributed by atoms with Gasteiger partial charge in [-0.3, -0.25) is 0 Å². The van der Waals surface area contributed by atoms with E-state index in [9.17, 15) is 5.11 Å². The van der Waals surface area contributed by atoms with Gasteiger partial charge in [0.15, 0.2) is 0 Å². The molecule has 0 spiro atoms. The number of hydrogen-bond acceptors (Lipinski definition) is 4. The van der Waals surface area contributed by atoms with Crippen LogP contribution in [0.15, 0.2) is 22.8 Å². The van der Waals surface area contributed by atoms with Gasteiger partial charge >= 0.3 is 0 Å². The summed E-state index contributed by atoms with van der Waals surface area (Å²) in [4.78, 5) is 0. The molecule has 1 fully saturated rings. The van der Waals surface area contributed by atoms with E-state index >= 15 is 0 Å². The molecule has 4 nitrogen and oxygen atoms in total. The maximum Gasteiger partial charge on any atom is 0.133 e. The molecule has 16 heavy (non-hydrogen) atoms. The van der Waals surface area contributed by atoms with E-state index in [2.05, 4.69) is 19.2 Å². The fraction of sp³-hybridized carbons (Fsp3) is 0.667. The van der Waals surface area contributed by atoms with Gasteiger partial charge in [-0.1, -0.05) is 0 Å². The number of β-amino-alcohol motifs (C(OH)–C–C–N with tert-alkyl or cyclic N) is 1. The Morgan fingerprint density at radius 3 is 3.06 bits per heavy atom. The van der Waals surface area contributed by atoms with Crippen molar-refractivity contribution in [2.75, 3.05) is 13.2 Å². The molecule has 2 heterocycles. The molecule has 2 rings (SSSR count). The molecule has 3 unspecified atom stereocenters. The molecule has 0 aromatic carbocycles. The van der Waals surface area contributed by atoms with Gasteiger partial charge in [0, 0.05) is 18.7 Å². The summed E-state index contributed by atoms with van der Waals surface area (Å²) < 4.78 is 10.7. The molecule has 0 amide bonds. The Kier molecular flexibility index (Phi) is 3.33. The van der Waals surface area contributed by atoms with Crippen molar-refractivity contribution in [3.05, 3.63) is 24.2 Å². The zero-order valence-corrected chi connectivity index (χ0v) is 9.77. The van der Waals surface area contributed by atoms with Gasteiger partial charge < -0.3 is 19.6 Å². The lowest BCUT2D eigenvalue weighted by Gasteiger charge is -2.29. The predicted octanol–water partition coefficient (Wildman–Crippen LogP) is 1.47. The second-order valence-corrected chi connectivity index (χ2v) is 4.59. The summed E-state index contributed by atoms with van der Waals surface area (Å²) in [5.74, 6) is 0.600. The van der Waals surface area contributed by atoms with Crippen LogP contribution in [0, 0.1) is 0 Å². The largest absolute Gasteiger partial charge is 0.467 e. The Morgan fingerprint density at radius 1 is 1.69 bits per heavy atom. The first kappa shape index (κ1) is 11.6. The van der Waals surface area contributed by atoms with Crippen LogP contribution in [0.25, 0.3) is 0 Å². The molecule has 1 aromatic rings. The lowest BCUT2D eigenvalue weighted by atomic mass is 9.94. The van der Waals surface area contributed by atoms with Gasteiger partial charge in [0.25, 0.3) is 0 Å². The van der Waals surface area contributed by atoms with Gasteiger partial charge in [-0.2, -0.15) is 0 Å². The van der Waals surface area contributed by atoms with Gasteiger partial charge in [-0.15, -0.1) is 0 Å². The van der Waals surface area contributed by atoms with E-state index in [0.29, 0.717) is 12.3 Å². The average Bonchev–Trinajstić information content (AvgIpc) is 2.87. The molecular formula is C12H19NO3. The van der Waals surface area contributed by atoms with Crippen molar-refractivity contribution in [2.24, 2.45) is 0 Å². The van der Waals surface area contributed by atoms with Crippen LogP contribution >= 0.6 is 0 Å². The van der Waals surface area contributed by atoms with Gasteiger partial charge in [0.2, 0.25) is 0 Å². The van der Waals surface area contributed by atoms with Crippen molar-refractivity contribution in [2.45, 2.75) is 38.0 Å². The quantitative estimate of drug-likeness (QED) is 0.814. The maximum atomic E-state index is 9.87. The van der Waals surface area contributed by atoms with Crippen LogP contribution in [-0.2, 0) is 4.74 Å². The van der Waals surface area contributed by atoms with Crippen LogP contribution in [0.4, 0.5) is 0 Å². The van der Waals surface area contributed by atoms with Gasteiger partial charge in [0.05, 0.1) is 12.4 Å². The molecule has 0 radical (unpaired) electrons. The maximum absolute atomic E-state index is 9.87. The fourth-order valence-electron chi connectivity index (χ4n) is 1.98. The summed E-state index contributed by atoms with van der Waals surface area (Å²) in [5.41, 5.74) is -0.0480. The molecule has 1 saturated heterocycles. The molecule has 4 heteroatoms. The number of hydrogen-bond donors (Lipinski definition) is 2. The Bertz CT molecular complexity index is 325. The van der Waals surface area contributed by atoms with Crippen LogP contribution < -0.4 is 5.32 Å². The number of aliphatic hydroxyl groups is 1. The van der Waals surface area contributed by atoms with E-state index in [0.717, 1.165) is 13.0 Å². The Hall–Kier alpha value is -0.840. The number of furan rings is 1. The van der Waals surface area contributed by atoms with E-state index in [4.69, 9.17) is 9.15 Å². The molecule has 1 aliphatic rings. The van der Waals surface area contributed by atoms with Gasteiger partial charge in [-0.25, -0.2) is 0 Å². The van der Waals surface area contributed by atoms with E-state index in [-0.39, 0.29) is 11.6 Å². The number of aliphatic hydroxyl groups excluding tert-OH is 1. The van der Waals surface area contributed by atoms with E-state index < -0.39 is 6.10 Å². The highest BCUT2D eigenvalue weighted by molar-refractivity contribution is 5.03. The van der Waals surface area contributed by atoms with E-state index in [1.54, 1.807) is 18.4 Å². The second kappa shape index (κ2) is 4.57. The predicted molar refractivity (Wildman–Crippen MR) is 60.1 cm³/mol. The first-order valence-electron chi connectivity index (χ1n) is 5.70. The third-order valence-electron chi connectivity index (χ3n) is 3.46. The highest BCUT2D eigenvalue weighted by Crippen LogP contribution is 2.25. The zero-order chi connectivity index (χ0) is 11.6. The average molecular weight is 225 g/mol. The molecular weight excluding hydrogens is 206 g/mol. The molecule has 0 saturated carbocycles. The Labute approximate surface area is 95.6 Å². The summed E-state index contributed by atoms with van der Waals surface area (Å²) in [6.45, 7) is 5.44. The molecule has 3 atom stereocenters. The molecule has 0 aliphatic carbocycles. The Morgan fingerprint density at radius 2 is 2.50 bits per heavy atom. The lowest BCUT2D eigenvalue weighted by molar-refractivity contribution is 0.0768. The first-order chi connectivity index (χ1) is 7.62. The topological polar surface area (TPSA) is 54.6 Å². The van der Waals surface area contributed by atoms with Gasteiger partial charge in [-0.05, 0) is 32.4 Å². The summed E-state index contributed by atoms with van der Waals surface area (Å²) in [6.07, 6.45) is 2.12. The number of rotatable bonds is 4. The van der Waals surface area contributed by atoms with Crippen molar-refractivity contribution in [1.82, 2.24) is 5.32 Å². The van der Waals surface area contributed by atoms with Crippen LogP contribution in [0.5, 0.6) is 0 Å². The molecule has 1 aromatic heterocycles. The first-order valence-corrected chi connectivity index (χ1v) is 5.70. The molecule has 2 N–H and O–H groups in total. The molecule has 1 aliphatic heterocycles. The second-order valence-electron chi connectivity index (χ2n) is 4.59. The van der Waals surface area contributed by atoms with Crippen molar-refractivity contribution in [3.63, 3.8) is 0 Å². The monoisotopic (exact) mass is 225 g/mol. The van der Waals surface area contributed by atoms with Crippen molar-refractivity contribution < 1.29 is 14.3 Å². The van der Waals surface area contributed by atoms with Crippen LogP contribution in [-0.4, -0.2) is 29.9 Å². The molecule has 90 valence electrons. The third-order valence-corrected chi connectivity index (χ3v) is 3.46. The van der Waals surface area contributed by atoms with Crippen molar-refractivity contribution in [3.8, 4) is 0 Å². The minimum atomic E-state index is -0.598. The highest BCUT2D eigenvalue weighted by Gasteiger charge is 2.36. The zero-order valence-electron chi connectivity index (χ0n) is 9.77.